The Labute approximate surface area is 170 Å². The van der Waals surface area contributed by atoms with Crippen LogP contribution in [0.4, 0.5) is 0 Å². The third kappa shape index (κ3) is 6.41. The van der Waals surface area contributed by atoms with Crippen molar-refractivity contribution < 1.29 is 39.6 Å². The molecule has 3 aromatic rings. The Morgan fingerprint density at radius 3 is 1.27 bits per heavy atom. The molecule has 0 saturated carbocycles. The topological polar surface area (TPSA) is 162 Å². The van der Waals surface area contributed by atoms with Gasteiger partial charge in [0.25, 0.3) is 0 Å². The molecule has 9 heteroatoms. The summed E-state index contributed by atoms with van der Waals surface area (Å²) in [6, 6.07) is 12.9. The first-order valence-corrected chi connectivity index (χ1v) is 8.63. The number of hydrogen-bond acceptors (Lipinski definition) is 5. The molecule has 0 spiro atoms. The molecule has 4 N–H and O–H groups in total. The molecule has 0 bridgehead atoms. The predicted molar refractivity (Wildman–Crippen MR) is 107 cm³/mol. The maximum absolute atomic E-state index is 10.7. The number of carboxylic acids is 4. The first-order chi connectivity index (χ1) is 14.2. The quantitative estimate of drug-likeness (QED) is 0.499. The van der Waals surface area contributed by atoms with Gasteiger partial charge in [0, 0.05) is 0 Å². The lowest BCUT2D eigenvalue weighted by molar-refractivity contribution is 0.0672. The van der Waals surface area contributed by atoms with Crippen LogP contribution < -0.4 is 0 Å². The highest BCUT2D eigenvalue weighted by Crippen LogP contribution is 2.18. The maximum Gasteiger partial charge on any atom is 0.354 e. The van der Waals surface area contributed by atoms with Gasteiger partial charge in [-0.15, -0.1) is 0 Å². The summed E-state index contributed by atoms with van der Waals surface area (Å²) in [7, 11) is 0. The number of benzene rings is 2. The molecule has 0 radical (unpaired) electrons. The summed E-state index contributed by atoms with van der Waals surface area (Å²) in [5.41, 5.74) is -0.157. The van der Waals surface area contributed by atoms with Crippen LogP contribution in [0.2, 0.25) is 0 Å². The largest absolute Gasteiger partial charge is 0.478 e. The molecule has 30 heavy (non-hydrogen) atoms. The molecule has 0 amide bonds. The lowest BCUT2D eigenvalue weighted by Gasteiger charge is -2.01. The van der Waals surface area contributed by atoms with E-state index >= 15 is 0 Å². The van der Waals surface area contributed by atoms with Gasteiger partial charge in [-0.25, -0.2) is 24.2 Å². The van der Waals surface area contributed by atoms with Gasteiger partial charge in [-0.1, -0.05) is 32.0 Å². The van der Waals surface area contributed by atoms with E-state index in [1.54, 1.807) is 12.1 Å². The highest BCUT2D eigenvalue weighted by Gasteiger charge is 2.09. The monoisotopic (exact) mass is 413 g/mol. The van der Waals surface area contributed by atoms with Crippen molar-refractivity contribution in [2.75, 3.05) is 0 Å². The van der Waals surface area contributed by atoms with E-state index in [1.165, 1.54) is 42.5 Å². The summed E-state index contributed by atoms with van der Waals surface area (Å²) in [4.78, 5) is 45.5. The lowest BCUT2D eigenvalue weighted by Crippen LogP contribution is -2.06. The fourth-order valence-electron chi connectivity index (χ4n) is 2.18. The molecule has 1 heterocycles. The molecule has 0 fully saturated rings. The molecule has 0 unspecified atom stereocenters. The van der Waals surface area contributed by atoms with Crippen molar-refractivity contribution in [3.05, 3.63) is 77.1 Å². The average Bonchev–Trinajstić information content (AvgIpc) is 2.74. The molecule has 0 aliphatic carbocycles. The van der Waals surface area contributed by atoms with Crippen molar-refractivity contribution in [1.82, 2.24) is 4.98 Å². The van der Waals surface area contributed by atoms with Crippen LogP contribution in [0, 0.1) is 0 Å². The first kappa shape index (κ1) is 23.8. The summed E-state index contributed by atoms with van der Waals surface area (Å²) < 4.78 is 0. The average molecular weight is 413 g/mol. The summed E-state index contributed by atoms with van der Waals surface area (Å²) >= 11 is 0. The van der Waals surface area contributed by atoms with E-state index < -0.39 is 23.9 Å². The zero-order chi connectivity index (χ0) is 22.8. The van der Waals surface area contributed by atoms with Crippen molar-refractivity contribution in [2.24, 2.45) is 0 Å². The molecule has 0 atom stereocenters. The summed E-state index contributed by atoms with van der Waals surface area (Å²) in [6.45, 7) is 4.00. The number of fused-ring (bicyclic) bond motifs is 1. The van der Waals surface area contributed by atoms with Crippen molar-refractivity contribution in [3.8, 4) is 0 Å². The molecular formula is C21H19NO8. The zero-order valence-corrected chi connectivity index (χ0v) is 16.1. The van der Waals surface area contributed by atoms with Crippen LogP contribution in [0.15, 0.2) is 54.6 Å². The van der Waals surface area contributed by atoms with Gasteiger partial charge >= 0.3 is 23.9 Å². The molecule has 1 aromatic heterocycles. The molecule has 3 rings (SSSR count). The van der Waals surface area contributed by atoms with Crippen molar-refractivity contribution in [1.29, 1.82) is 0 Å². The number of aromatic nitrogens is 1. The second-order valence-corrected chi connectivity index (χ2v) is 5.41. The molecule has 2 aromatic carbocycles. The Morgan fingerprint density at radius 2 is 0.967 bits per heavy atom. The Kier molecular flexibility index (Phi) is 8.64. The van der Waals surface area contributed by atoms with Gasteiger partial charge in [-0.2, -0.15) is 0 Å². The van der Waals surface area contributed by atoms with Crippen LogP contribution in [-0.4, -0.2) is 49.3 Å². The predicted octanol–water partition coefficient (Wildman–Crippen LogP) is 3.74. The second-order valence-electron chi connectivity index (χ2n) is 5.41. The minimum Gasteiger partial charge on any atom is -0.478 e. The fraction of sp³-hybridized carbons (Fsp3) is 0.0952. The molecule has 0 aliphatic rings. The van der Waals surface area contributed by atoms with Crippen molar-refractivity contribution in [2.45, 2.75) is 13.8 Å². The van der Waals surface area contributed by atoms with E-state index in [-0.39, 0.29) is 22.5 Å². The first-order valence-electron chi connectivity index (χ1n) is 8.63. The SMILES string of the molecule is CC.O=C(O)c1ccc2cc(C(=O)O)ccc2c1.O=C(O)c1cccc(C(=O)O)n1. The standard InChI is InChI=1S/C12H8O4.C7H5NO4.C2H6/c13-11(14)9-3-1-7-5-10(12(15)16)4-2-8(7)6-9;9-6(10)4-2-1-3-5(8-4)7(11)12;1-2/h1-6H,(H,13,14)(H,15,16);1-3H,(H,9,10)(H,11,12);1-2H3. The van der Waals surface area contributed by atoms with Gasteiger partial charge < -0.3 is 20.4 Å². The minimum atomic E-state index is -1.24. The third-order valence-corrected chi connectivity index (χ3v) is 3.52. The smallest absolute Gasteiger partial charge is 0.354 e. The second kappa shape index (κ2) is 10.9. The minimum absolute atomic E-state index is 0.190. The number of aromatic carboxylic acids is 4. The number of carboxylic acid groups (broad SMARTS) is 4. The van der Waals surface area contributed by atoms with E-state index in [0.717, 1.165) is 0 Å². The van der Waals surface area contributed by atoms with E-state index in [0.29, 0.717) is 10.8 Å². The highest BCUT2D eigenvalue weighted by atomic mass is 16.4. The van der Waals surface area contributed by atoms with Crippen LogP contribution in [0.25, 0.3) is 10.8 Å². The summed E-state index contributed by atoms with van der Waals surface area (Å²) in [6.07, 6.45) is 0. The highest BCUT2D eigenvalue weighted by molar-refractivity contribution is 5.98. The maximum atomic E-state index is 10.7. The number of carbonyl (C=O) groups is 4. The van der Waals surface area contributed by atoms with Gasteiger partial charge in [-0.05, 0) is 47.2 Å². The van der Waals surface area contributed by atoms with Gasteiger partial charge in [0.05, 0.1) is 11.1 Å². The van der Waals surface area contributed by atoms with Gasteiger partial charge in [0.1, 0.15) is 11.4 Å². The van der Waals surface area contributed by atoms with Crippen LogP contribution in [0.3, 0.4) is 0 Å². The number of hydrogen-bond donors (Lipinski definition) is 4. The third-order valence-electron chi connectivity index (χ3n) is 3.52. The van der Waals surface area contributed by atoms with Gasteiger partial charge in [0.2, 0.25) is 0 Å². The van der Waals surface area contributed by atoms with Gasteiger partial charge in [0.15, 0.2) is 0 Å². The lowest BCUT2D eigenvalue weighted by atomic mass is 10.0. The van der Waals surface area contributed by atoms with Gasteiger partial charge in [-0.3, -0.25) is 0 Å². The molecule has 0 saturated heterocycles. The molecule has 9 nitrogen and oxygen atoms in total. The number of pyridine rings is 1. The van der Waals surface area contributed by atoms with Crippen molar-refractivity contribution in [3.63, 3.8) is 0 Å². The van der Waals surface area contributed by atoms with Crippen LogP contribution >= 0.6 is 0 Å². The Morgan fingerprint density at radius 1 is 0.600 bits per heavy atom. The van der Waals surface area contributed by atoms with E-state index in [1.807, 2.05) is 13.8 Å². The number of nitrogens with zero attached hydrogens (tertiary/aromatic N) is 1. The van der Waals surface area contributed by atoms with E-state index in [9.17, 15) is 19.2 Å². The zero-order valence-electron chi connectivity index (χ0n) is 16.1. The van der Waals surface area contributed by atoms with Crippen molar-refractivity contribution >= 4 is 34.6 Å². The van der Waals surface area contributed by atoms with Crippen LogP contribution in [0.1, 0.15) is 55.5 Å². The Bertz CT molecular complexity index is 1010. The molecular weight excluding hydrogens is 394 g/mol. The van der Waals surface area contributed by atoms with E-state index in [2.05, 4.69) is 4.98 Å². The Balaban J connectivity index is 0.000000287. The fourth-order valence-corrected chi connectivity index (χ4v) is 2.18. The Hall–Kier alpha value is -4.27. The molecule has 156 valence electrons. The van der Waals surface area contributed by atoms with E-state index in [4.69, 9.17) is 20.4 Å². The van der Waals surface area contributed by atoms with Crippen LogP contribution in [0.5, 0.6) is 0 Å². The molecule has 0 aliphatic heterocycles. The summed E-state index contributed by atoms with van der Waals surface area (Å²) in [5, 5.41) is 35.9. The summed E-state index contributed by atoms with van der Waals surface area (Å²) in [5.74, 6) is -4.47. The normalized spacial score (nSPS) is 9.40. The number of rotatable bonds is 4. The van der Waals surface area contributed by atoms with Crippen LogP contribution in [-0.2, 0) is 0 Å².